The summed E-state index contributed by atoms with van der Waals surface area (Å²) in [5, 5.41) is 3.61. The smallest absolute Gasteiger partial charge is 0.203 e. The molecular weight excluding hydrogens is 604 g/mol. The normalized spacial score (nSPS) is 14.7. The van der Waals surface area contributed by atoms with E-state index in [0.717, 1.165) is 21.1 Å². The van der Waals surface area contributed by atoms with Gasteiger partial charge in [0.1, 0.15) is 51.7 Å². The van der Waals surface area contributed by atoms with Crippen molar-refractivity contribution in [3.05, 3.63) is 58.3 Å². The van der Waals surface area contributed by atoms with Crippen LogP contribution in [0.4, 0.5) is 0 Å². The maximum Gasteiger partial charge on any atom is 0.203 e. The van der Waals surface area contributed by atoms with Gasteiger partial charge in [0, 0.05) is 52.0 Å². The van der Waals surface area contributed by atoms with Gasteiger partial charge in [0.15, 0.2) is 0 Å². The number of rotatable bonds is 13. The summed E-state index contributed by atoms with van der Waals surface area (Å²) in [6.45, 7) is 8.76. The van der Waals surface area contributed by atoms with E-state index < -0.39 is 8.07 Å². The molecule has 0 N–H and O–H groups in total. The minimum absolute atomic E-state index is 0.00351. The number of hydrogen-bond acceptors (Lipinski definition) is 9. The predicted molar refractivity (Wildman–Crippen MR) is 183 cm³/mol. The van der Waals surface area contributed by atoms with Crippen molar-refractivity contribution in [2.24, 2.45) is 5.92 Å². The average molecular weight is 651 g/mol. The van der Waals surface area contributed by atoms with Gasteiger partial charge in [-0.1, -0.05) is 23.3 Å². The summed E-state index contributed by atoms with van der Waals surface area (Å²) < 4.78 is 54.8. The van der Waals surface area contributed by atoms with Crippen LogP contribution in [0.5, 0.6) is 51.7 Å². The predicted octanol–water partition coefficient (Wildman–Crippen LogP) is 5.08. The molecule has 10 heteroatoms. The van der Waals surface area contributed by atoms with E-state index in [1.54, 1.807) is 64.0 Å². The first-order chi connectivity index (χ1) is 22.1. The molecule has 0 aliphatic heterocycles. The minimum Gasteiger partial charge on any atom is -0.497 e. The Hall–Kier alpha value is -4.44. The van der Waals surface area contributed by atoms with Crippen molar-refractivity contribution in [1.29, 1.82) is 0 Å². The highest BCUT2D eigenvalue weighted by Crippen LogP contribution is 2.48. The highest BCUT2D eigenvalue weighted by molar-refractivity contribution is 7.18. The van der Waals surface area contributed by atoms with Gasteiger partial charge in [-0.05, 0) is 32.3 Å². The number of benzene rings is 3. The van der Waals surface area contributed by atoms with Crippen LogP contribution in [0, 0.1) is 5.92 Å². The van der Waals surface area contributed by atoms with Crippen LogP contribution in [0.2, 0.25) is 0 Å². The fraction of sp³-hybridized carbons (Fsp3) is 0.389. The monoisotopic (exact) mass is 650 g/mol. The van der Waals surface area contributed by atoms with Crippen LogP contribution < -0.4 is 58.2 Å². The molecule has 0 heterocycles. The third kappa shape index (κ3) is 5.28. The number of ether oxygens (including phenoxy) is 9. The first-order valence-electron chi connectivity index (χ1n) is 14.9. The Bertz CT molecular complexity index is 1450. The van der Waals surface area contributed by atoms with E-state index in [1.165, 1.54) is 16.3 Å². The van der Waals surface area contributed by atoms with Crippen LogP contribution in [-0.2, 0) is 0 Å². The van der Waals surface area contributed by atoms with Crippen molar-refractivity contribution in [2.75, 3.05) is 64.0 Å². The van der Waals surface area contributed by atoms with E-state index in [1.807, 2.05) is 36.4 Å². The molecule has 0 radical (unpaired) electrons. The molecule has 0 aromatic heterocycles. The van der Waals surface area contributed by atoms with Crippen molar-refractivity contribution in [3.8, 4) is 51.7 Å². The van der Waals surface area contributed by atoms with Crippen LogP contribution in [0.1, 0.15) is 27.7 Å². The Kier molecular flexibility index (Phi) is 10.4. The van der Waals surface area contributed by atoms with Gasteiger partial charge in [0.25, 0.3) is 0 Å². The average Bonchev–Trinajstić information content (AvgIpc) is 3.29. The highest BCUT2D eigenvalue weighted by atomic mass is 28.3. The quantitative estimate of drug-likeness (QED) is 0.186. The van der Waals surface area contributed by atoms with Gasteiger partial charge in [-0.25, -0.2) is 0 Å². The van der Waals surface area contributed by atoms with Crippen molar-refractivity contribution in [1.82, 2.24) is 0 Å². The Labute approximate surface area is 273 Å². The number of hydrogen-bond donors (Lipinski definition) is 0. The maximum atomic E-state index is 6.27. The van der Waals surface area contributed by atoms with Crippen LogP contribution in [0.15, 0.2) is 58.3 Å². The van der Waals surface area contributed by atoms with Crippen LogP contribution in [-0.4, -0.2) is 72.1 Å². The second kappa shape index (κ2) is 13.9. The van der Waals surface area contributed by atoms with E-state index in [4.69, 9.17) is 42.6 Å². The zero-order valence-electron chi connectivity index (χ0n) is 29.2. The van der Waals surface area contributed by atoms with Gasteiger partial charge >= 0.3 is 0 Å². The highest BCUT2D eigenvalue weighted by Gasteiger charge is 2.57. The minimum atomic E-state index is -3.78. The number of allylic oxidation sites excluding steroid dienone is 4. The zero-order valence-corrected chi connectivity index (χ0v) is 30.2. The van der Waals surface area contributed by atoms with Crippen molar-refractivity contribution < 1.29 is 42.6 Å². The van der Waals surface area contributed by atoms with Crippen LogP contribution >= 0.6 is 0 Å². The molecule has 1 aliphatic carbocycles. The molecule has 0 amide bonds. The Morgan fingerprint density at radius 3 is 0.848 bits per heavy atom. The lowest BCUT2D eigenvalue weighted by Crippen LogP contribution is -2.70. The molecule has 46 heavy (non-hydrogen) atoms. The number of methoxy groups -OCH3 is 9. The third-order valence-corrected chi connectivity index (χ3v) is 14.7. The van der Waals surface area contributed by atoms with E-state index >= 15 is 0 Å². The molecule has 1 atom stereocenters. The topological polar surface area (TPSA) is 83.1 Å². The molecule has 0 saturated heterocycles. The molecule has 1 aliphatic rings. The van der Waals surface area contributed by atoms with E-state index in [9.17, 15) is 0 Å². The van der Waals surface area contributed by atoms with Gasteiger partial charge in [0.2, 0.25) is 8.07 Å². The molecule has 4 rings (SSSR count). The SMILES string of the molecule is COc1cc(OC)c([Si](C2=C(C)C(C)=C(C)C2C)(c2c(OC)cc(OC)cc2OC)c2c(OC)cc(OC)cc2OC)c(OC)c1. The Morgan fingerprint density at radius 1 is 0.413 bits per heavy atom. The summed E-state index contributed by atoms with van der Waals surface area (Å²) in [5.74, 6) is 5.14. The summed E-state index contributed by atoms with van der Waals surface area (Å²) in [6.07, 6.45) is 0. The molecule has 0 saturated carbocycles. The standard InChI is InChI=1S/C36H46O9Si/c1-20-21(2)23(4)33(22(20)3)46(34-27(40-8)14-24(37-5)15-28(34)41-9,35-29(42-10)16-25(38-6)17-30(35)43-11)36-31(44-12)18-26(39-7)19-32(36)45-13/h14-19,22H,1-13H3. The second-order valence-corrected chi connectivity index (χ2v) is 14.6. The summed E-state index contributed by atoms with van der Waals surface area (Å²) >= 11 is 0. The largest absolute Gasteiger partial charge is 0.497 e. The first kappa shape index (κ1) is 34.4. The molecule has 0 spiro atoms. The first-order valence-corrected chi connectivity index (χ1v) is 16.9. The lowest BCUT2D eigenvalue weighted by Gasteiger charge is -2.42. The van der Waals surface area contributed by atoms with Crippen LogP contribution in [0.25, 0.3) is 0 Å². The molecule has 1 unspecified atom stereocenters. The fourth-order valence-corrected chi connectivity index (χ4v) is 13.3. The molecule has 3 aromatic carbocycles. The lowest BCUT2D eigenvalue weighted by molar-refractivity contribution is 0.377. The van der Waals surface area contributed by atoms with Crippen LogP contribution in [0.3, 0.4) is 0 Å². The molecule has 0 bridgehead atoms. The van der Waals surface area contributed by atoms with E-state index in [-0.39, 0.29) is 5.92 Å². The van der Waals surface area contributed by atoms with E-state index in [0.29, 0.717) is 51.7 Å². The Morgan fingerprint density at radius 2 is 0.674 bits per heavy atom. The summed E-state index contributed by atoms with van der Waals surface area (Å²) in [6, 6.07) is 11.3. The maximum absolute atomic E-state index is 6.27. The lowest BCUT2D eigenvalue weighted by atomic mass is 10.1. The summed E-state index contributed by atoms with van der Waals surface area (Å²) in [4.78, 5) is 0. The zero-order chi connectivity index (χ0) is 33.9. The fourth-order valence-electron chi connectivity index (χ4n) is 6.87. The van der Waals surface area contributed by atoms with Crippen molar-refractivity contribution in [2.45, 2.75) is 27.7 Å². The molecule has 9 nitrogen and oxygen atoms in total. The summed E-state index contributed by atoms with van der Waals surface area (Å²) in [5.41, 5.74) is 3.62. The van der Waals surface area contributed by atoms with E-state index in [2.05, 4.69) is 27.7 Å². The Balaban J connectivity index is 2.54. The molecule has 0 fully saturated rings. The van der Waals surface area contributed by atoms with Crippen molar-refractivity contribution in [3.63, 3.8) is 0 Å². The second-order valence-electron chi connectivity index (χ2n) is 11.0. The van der Waals surface area contributed by atoms with Gasteiger partial charge in [-0.2, -0.15) is 0 Å². The van der Waals surface area contributed by atoms with Crippen molar-refractivity contribution >= 4 is 23.6 Å². The summed E-state index contributed by atoms with van der Waals surface area (Å²) in [7, 11) is 11.0. The molecule has 3 aromatic rings. The molecule has 248 valence electrons. The van der Waals surface area contributed by atoms with Gasteiger partial charge in [-0.3, -0.25) is 0 Å². The molecular formula is C36H46O9Si. The van der Waals surface area contributed by atoms with Gasteiger partial charge in [-0.15, -0.1) is 0 Å². The third-order valence-electron chi connectivity index (χ3n) is 9.31. The van der Waals surface area contributed by atoms with Gasteiger partial charge in [0.05, 0.1) is 64.0 Å². The van der Waals surface area contributed by atoms with Gasteiger partial charge < -0.3 is 42.6 Å².